The third-order valence-corrected chi connectivity index (χ3v) is 6.61. The zero-order valence-corrected chi connectivity index (χ0v) is 20.9. The Kier molecular flexibility index (Phi) is 8.79. The van der Waals surface area contributed by atoms with E-state index in [-0.39, 0.29) is 18.4 Å². The van der Waals surface area contributed by atoms with Gasteiger partial charge in [-0.15, -0.1) is 0 Å². The van der Waals surface area contributed by atoms with E-state index >= 15 is 0 Å². The van der Waals surface area contributed by atoms with Gasteiger partial charge in [-0.25, -0.2) is 0 Å². The number of ether oxygens (including phenoxy) is 5. The zero-order valence-electron chi connectivity index (χ0n) is 20.9. The van der Waals surface area contributed by atoms with Gasteiger partial charge in [-0.3, -0.25) is 9.59 Å². The molecule has 2 aromatic rings. The van der Waals surface area contributed by atoms with Crippen LogP contribution in [0.4, 0.5) is 0 Å². The minimum absolute atomic E-state index is 0.0286. The summed E-state index contributed by atoms with van der Waals surface area (Å²) in [5.41, 5.74) is 1.06. The summed E-state index contributed by atoms with van der Waals surface area (Å²) in [6.45, 7) is 3.65. The Morgan fingerprint density at radius 2 is 1.86 bits per heavy atom. The quantitative estimate of drug-likeness (QED) is 0.465. The number of methoxy groups -OCH3 is 2. The lowest BCUT2D eigenvalue weighted by atomic mass is 9.94. The van der Waals surface area contributed by atoms with Crippen molar-refractivity contribution in [2.24, 2.45) is 0 Å². The number of nitrogens with zero attached hydrogens (tertiary/aromatic N) is 2. The summed E-state index contributed by atoms with van der Waals surface area (Å²) in [4.78, 5) is 29.6. The molecule has 2 fully saturated rings. The van der Waals surface area contributed by atoms with Gasteiger partial charge in [-0.1, -0.05) is 30.3 Å². The standard InChI is InChI=1S/C27H34N2O7/c1-32-18-25(30)28-11-10-27(19-28)20-35-13-12-29(27)26(31)22-8-9-23(24(16-22)33-2)36-15-14-34-17-21-6-4-3-5-7-21/h3-9,16H,10-15,17-20H2,1-2H3. The summed E-state index contributed by atoms with van der Waals surface area (Å²) < 4.78 is 27.8. The van der Waals surface area contributed by atoms with Crippen LogP contribution in [0.2, 0.25) is 0 Å². The maximum Gasteiger partial charge on any atom is 0.254 e. The lowest BCUT2D eigenvalue weighted by Crippen LogP contribution is -2.60. The van der Waals surface area contributed by atoms with Gasteiger partial charge in [0.25, 0.3) is 5.91 Å². The van der Waals surface area contributed by atoms with Crippen molar-refractivity contribution in [2.75, 3.05) is 66.9 Å². The Morgan fingerprint density at radius 3 is 2.64 bits per heavy atom. The van der Waals surface area contributed by atoms with E-state index in [2.05, 4.69) is 0 Å². The van der Waals surface area contributed by atoms with Crippen LogP contribution in [0.1, 0.15) is 22.3 Å². The number of hydrogen-bond donors (Lipinski definition) is 0. The van der Waals surface area contributed by atoms with Crippen molar-refractivity contribution in [2.45, 2.75) is 18.6 Å². The van der Waals surface area contributed by atoms with E-state index in [4.69, 9.17) is 23.7 Å². The Morgan fingerprint density at radius 1 is 1.03 bits per heavy atom. The van der Waals surface area contributed by atoms with Gasteiger partial charge in [-0.2, -0.15) is 0 Å². The molecule has 2 heterocycles. The fraction of sp³-hybridized carbons (Fsp3) is 0.481. The molecule has 4 rings (SSSR count). The van der Waals surface area contributed by atoms with Crippen LogP contribution in [0, 0.1) is 0 Å². The lowest BCUT2D eigenvalue weighted by Gasteiger charge is -2.44. The Balaban J connectivity index is 1.38. The molecule has 2 aliphatic rings. The van der Waals surface area contributed by atoms with Crippen LogP contribution in [0.15, 0.2) is 48.5 Å². The molecule has 9 nitrogen and oxygen atoms in total. The second-order valence-electron chi connectivity index (χ2n) is 8.98. The van der Waals surface area contributed by atoms with Gasteiger partial charge in [0.15, 0.2) is 11.5 Å². The minimum atomic E-state index is -0.544. The van der Waals surface area contributed by atoms with Crippen molar-refractivity contribution in [3.05, 3.63) is 59.7 Å². The van der Waals surface area contributed by atoms with Crippen molar-refractivity contribution >= 4 is 11.8 Å². The molecular formula is C27H34N2O7. The second-order valence-corrected chi connectivity index (χ2v) is 8.98. The predicted molar refractivity (Wildman–Crippen MR) is 132 cm³/mol. The number of carbonyl (C=O) groups is 2. The molecular weight excluding hydrogens is 464 g/mol. The van der Waals surface area contributed by atoms with E-state index in [0.29, 0.717) is 76.2 Å². The molecule has 9 heteroatoms. The van der Waals surface area contributed by atoms with Crippen LogP contribution in [0.3, 0.4) is 0 Å². The van der Waals surface area contributed by atoms with Crippen molar-refractivity contribution in [3.8, 4) is 11.5 Å². The number of hydrogen-bond acceptors (Lipinski definition) is 7. The molecule has 2 saturated heterocycles. The van der Waals surface area contributed by atoms with Crippen LogP contribution < -0.4 is 9.47 Å². The average Bonchev–Trinajstić information content (AvgIpc) is 3.33. The Hall–Kier alpha value is -3.14. The third kappa shape index (κ3) is 5.98. The van der Waals surface area contributed by atoms with Gasteiger partial charge in [0.05, 0.1) is 39.1 Å². The first-order chi connectivity index (χ1) is 17.6. The predicted octanol–water partition coefficient (Wildman–Crippen LogP) is 2.38. The molecule has 0 N–H and O–H groups in total. The van der Waals surface area contributed by atoms with E-state index in [9.17, 15) is 9.59 Å². The zero-order chi connectivity index (χ0) is 25.4. The van der Waals surface area contributed by atoms with Crippen LogP contribution in [-0.2, 0) is 25.6 Å². The fourth-order valence-corrected chi connectivity index (χ4v) is 4.72. The summed E-state index contributed by atoms with van der Waals surface area (Å²) in [7, 11) is 3.05. The number of benzene rings is 2. The monoisotopic (exact) mass is 498 g/mol. The van der Waals surface area contributed by atoms with Crippen molar-refractivity contribution in [1.82, 2.24) is 9.80 Å². The van der Waals surface area contributed by atoms with Gasteiger partial charge in [-0.05, 0) is 30.2 Å². The van der Waals surface area contributed by atoms with Crippen LogP contribution >= 0.6 is 0 Å². The molecule has 194 valence electrons. The summed E-state index contributed by atoms with van der Waals surface area (Å²) in [6.07, 6.45) is 0.662. The second kappa shape index (κ2) is 12.2. The van der Waals surface area contributed by atoms with Crippen LogP contribution in [0.25, 0.3) is 0 Å². The van der Waals surface area contributed by atoms with Gasteiger partial charge in [0, 0.05) is 32.3 Å². The van der Waals surface area contributed by atoms with Crippen LogP contribution in [-0.4, -0.2) is 94.0 Å². The summed E-state index contributed by atoms with van der Waals surface area (Å²) in [5.74, 6) is 0.833. The summed E-state index contributed by atoms with van der Waals surface area (Å²) >= 11 is 0. The highest BCUT2D eigenvalue weighted by Gasteiger charge is 2.48. The van der Waals surface area contributed by atoms with Crippen molar-refractivity contribution in [1.29, 1.82) is 0 Å². The minimum Gasteiger partial charge on any atom is -0.493 e. The highest BCUT2D eigenvalue weighted by molar-refractivity contribution is 5.95. The van der Waals surface area contributed by atoms with Gasteiger partial charge < -0.3 is 33.5 Å². The Labute approximate surface area is 211 Å². The van der Waals surface area contributed by atoms with Crippen LogP contribution in [0.5, 0.6) is 11.5 Å². The molecule has 0 aliphatic carbocycles. The highest BCUT2D eigenvalue weighted by atomic mass is 16.5. The molecule has 0 radical (unpaired) electrons. The third-order valence-electron chi connectivity index (χ3n) is 6.61. The lowest BCUT2D eigenvalue weighted by molar-refractivity contribution is -0.135. The highest BCUT2D eigenvalue weighted by Crippen LogP contribution is 2.34. The summed E-state index contributed by atoms with van der Waals surface area (Å²) in [5, 5.41) is 0. The number of rotatable bonds is 10. The van der Waals surface area contributed by atoms with Gasteiger partial charge >= 0.3 is 0 Å². The molecule has 1 spiro atoms. The molecule has 36 heavy (non-hydrogen) atoms. The Bertz CT molecular complexity index is 1030. The molecule has 2 aromatic carbocycles. The smallest absolute Gasteiger partial charge is 0.254 e. The largest absolute Gasteiger partial charge is 0.493 e. The number of morpholine rings is 1. The van der Waals surface area contributed by atoms with E-state index < -0.39 is 5.54 Å². The van der Waals surface area contributed by atoms with E-state index in [1.54, 1.807) is 30.2 Å². The first-order valence-electron chi connectivity index (χ1n) is 12.2. The normalized spacial score (nSPS) is 19.5. The molecule has 0 aromatic heterocycles. The number of carbonyl (C=O) groups excluding carboxylic acids is 2. The molecule has 0 bridgehead atoms. The number of amides is 2. The molecule has 0 saturated carbocycles. The molecule has 1 atom stereocenters. The van der Waals surface area contributed by atoms with E-state index in [1.807, 2.05) is 35.2 Å². The average molecular weight is 499 g/mol. The first-order valence-corrected chi connectivity index (χ1v) is 12.2. The van der Waals surface area contributed by atoms with Gasteiger partial charge in [0.1, 0.15) is 13.2 Å². The molecule has 2 aliphatic heterocycles. The van der Waals surface area contributed by atoms with Gasteiger partial charge in [0.2, 0.25) is 5.91 Å². The molecule has 2 amide bonds. The van der Waals surface area contributed by atoms with E-state index in [1.165, 1.54) is 7.11 Å². The first kappa shape index (κ1) is 25.9. The molecule has 1 unspecified atom stereocenters. The SMILES string of the molecule is COCC(=O)N1CCC2(COCCN2C(=O)c2ccc(OCCOCc3ccccc3)c(OC)c2)C1. The maximum absolute atomic E-state index is 13.6. The van der Waals surface area contributed by atoms with E-state index in [0.717, 1.165) is 5.56 Å². The maximum atomic E-state index is 13.6. The van der Waals surface area contributed by atoms with Crippen molar-refractivity contribution in [3.63, 3.8) is 0 Å². The fourth-order valence-electron chi connectivity index (χ4n) is 4.72. The number of likely N-dealkylation sites (tertiary alicyclic amines) is 1. The van der Waals surface area contributed by atoms with Crippen molar-refractivity contribution < 1.29 is 33.3 Å². The topological polar surface area (TPSA) is 86.8 Å². The summed E-state index contributed by atoms with van der Waals surface area (Å²) in [6, 6.07) is 15.2.